The summed E-state index contributed by atoms with van der Waals surface area (Å²) in [6, 6.07) is 3.69. The summed E-state index contributed by atoms with van der Waals surface area (Å²) >= 11 is 0. The van der Waals surface area contributed by atoms with Crippen molar-refractivity contribution in [1.29, 1.82) is 0 Å². The van der Waals surface area contributed by atoms with Crippen LogP contribution in [0.15, 0.2) is 21.3 Å². The first-order chi connectivity index (χ1) is 13.9. The maximum Gasteiger partial charge on any atom is 0.339 e. The number of carbonyl (C=O) groups excluding carboxylic acids is 1. The quantitative estimate of drug-likeness (QED) is 0.530. The Morgan fingerprint density at radius 1 is 1.21 bits per heavy atom. The number of aryl methyl sites for hydroxylation is 2. The van der Waals surface area contributed by atoms with Gasteiger partial charge in [-0.1, -0.05) is 0 Å². The molecule has 0 aliphatic carbocycles. The first kappa shape index (κ1) is 21.3. The SMILES string of the molecule is Cc1cc(O[C@H](C)C(=O)NCCC[NH+]2CCOCC2)c2c(C)c(C)c(=O)oc2c1. The van der Waals surface area contributed by atoms with Crippen LogP contribution in [-0.4, -0.2) is 51.4 Å². The molecule has 0 unspecified atom stereocenters. The fourth-order valence-electron chi connectivity index (χ4n) is 3.63. The van der Waals surface area contributed by atoms with Gasteiger partial charge in [0.25, 0.3) is 5.91 Å². The maximum atomic E-state index is 12.5. The standard InChI is InChI=1S/C22H30N2O5/c1-14-12-18(20-15(2)16(3)22(26)29-19(20)13-14)28-17(4)21(25)23-6-5-7-24-8-10-27-11-9-24/h12-13,17H,5-11H2,1-4H3,(H,23,25)/p+1/t17-/m1/s1. The highest BCUT2D eigenvalue weighted by Crippen LogP contribution is 2.31. The zero-order chi connectivity index (χ0) is 21.0. The third kappa shape index (κ3) is 5.16. The molecule has 2 heterocycles. The average molecular weight is 403 g/mol. The van der Waals surface area contributed by atoms with Crippen molar-refractivity contribution >= 4 is 16.9 Å². The van der Waals surface area contributed by atoms with Gasteiger partial charge in [0.15, 0.2) is 6.10 Å². The molecule has 1 fully saturated rings. The number of benzene rings is 1. The lowest BCUT2D eigenvalue weighted by Gasteiger charge is -2.23. The number of amides is 1. The number of hydrogen-bond acceptors (Lipinski definition) is 5. The Kier molecular flexibility index (Phi) is 6.92. The lowest BCUT2D eigenvalue weighted by Crippen LogP contribution is -3.14. The molecule has 0 saturated carbocycles. The van der Waals surface area contributed by atoms with Crippen molar-refractivity contribution in [3.8, 4) is 5.75 Å². The molecule has 2 N–H and O–H groups in total. The molecule has 29 heavy (non-hydrogen) atoms. The molecule has 158 valence electrons. The summed E-state index contributed by atoms with van der Waals surface area (Å²) < 4.78 is 16.8. The number of carbonyl (C=O) groups is 1. The Balaban J connectivity index is 1.63. The highest BCUT2D eigenvalue weighted by molar-refractivity contribution is 5.89. The molecule has 1 aromatic carbocycles. The number of nitrogens with one attached hydrogen (secondary N) is 2. The smallest absolute Gasteiger partial charge is 0.339 e. The van der Waals surface area contributed by atoms with Crippen molar-refractivity contribution in [3.63, 3.8) is 0 Å². The van der Waals surface area contributed by atoms with Gasteiger partial charge in [-0.25, -0.2) is 4.79 Å². The Morgan fingerprint density at radius 3 is 2.66 bits per heavy atom. The Bertz CT molecular complexity index is 931. The van der Waals surface area contributed by atoms with E-state index in [4.69, 9.17) is 13.9 Å². The van der Waals surface area contributed by atoms with E-state index in [2.05, 4.69) is 5.32 Å². The van der Waals surface area contributed by atoms with Gasteiger partial charge >= 0.3 is 5.63 Å². The molecular formula is C22H31N2O5+. The van der Waals surface area contributed by atoms with Gasteiger partial charge in [-0.2, -0.15) is 0 Å². The van der Waals surface area contributed by atoms with Gasteiger partial charge in [0.1, 0.15) is 24.4 Å². The molecule has 3 rings (SSSR count). The minimum atomic E-state index is -0.651. The summed E-state index contributed by atoms with van der Waals surface area (Å²) in [6.07, 6.45) is 0.271. The summed E-state index contributed by atoms with van der Waals surface area (Å²) in [5, 5.41) is 3.70. The molecule has 1 aromatic heterocycles. The van der Waals surface area contributed by atoms with Gasteiger partial charge < -0.3 is 24.1 Å². The molecular weight excluding hydrogens is 372 g/mol. The molecule has 1 saturated heterocycles. The number of quaternary nitrogens is 1. The van der Waals surface area contributed by atoms with Crippen molar-refractivity contribution in [2.24, 2.45) is 0 Å². The summed E-state index contributed by atoms with van der Waals surface area (Å²) in [7, 11) is 0. The molecule has 0 bridgehead atoms. The molecule has 1 aliphatic rings. The first-order valence-corrected chi connectivity index (χ1v) is 10.3. The molecule has 0 spiro atoms. The van der Waals surface area contributed by atoms with Crippen molar-refractivity contribution in [1.82, 2.24) is 5.32 Å². The van der Waals surface area contributed by atoms with Gasteiger partial charge in [0.05, 0.1) is 25.1 Å². The molecule has 1 aliphatic heterocycles. The van der Waals surface area contributed by atoms with Gasteiger partial charge in [-0.05, 0) is 51.0 Å². The second kappa shape index (κ2) is 9.41. The minimum Gasteiger partial charge on any atom is -0.480 e. The topological polar surface area (TPSA) is 82.2 Å². The second-order valence-electron chi connectivity index (χ2n) is 7.79. The predicted molar refractivity (Wildman–Crippen MR) is 111 cm³/mol. The van der Waals surface area contributed by atoms with Crippen LogP contribution < -0.4 is 20.6 Å². The summed E-state index contributed by atoms with van der Waals surface area (Å²) in [5.74, 6) is 0.410. The number of rotatable bonds is 7. The van der Waals surface area contributed by atoms with E-state index < -0.39 is 6.10 Å². The Morgan fingerprint density at radius 2 is 1.93 bits per heavy atom. The fraction of sp³-hybridized carbons (Fsp3) is 0.545. The molecule has 7 nitrogen and oxygen atoms in total. The van der Waals surface area contributed by atoms with E-state index >= 15 is 0 Å². The van der Waals surface area contributed by atoms with Crippen LogP contribution in [-0.2, 0) is 9.53 Å². The Hall–Kier alpha value is -2.38. The second-order valence-corrected chi connectivity index (χ2v) is 7.79. The minimum absolute atomic E-state index is 0.150. The lowest BCUT2D eigenvalue weighted by atomic mass is 10.0. The highest BCUT2D eigenvalue weighted by Gasteiger charge is 2.19. The monoisotopic (exact) mass is 403 g/mol. The predicted octanol–water partition coefficient (Wildman–Crippen LogP) is 0.907. The van der Waals surface area contributed by atoms with Crippen LogP contribution in [0.4, 0.5) is 0 Å². The lowest BCUT2D eigenvalue weighted by molar-refractivity contribution is -0.908. The molecule has 2 aromatic rings. The van der Waals surface area contributed by atoms with Gasteiger partial charge in [-0.15, -0.1) is 0 Å². The van der Waals surface area contributed by atoms with Crippen LogP contribution in [0.3, 0.4) is 0 Å². The average Bonchev–Trinajstić information content (AvgIpc) is 2.69. The zero-order valence-electron chi connectivity index (χ0n) is 17.7. The van der Waals surface area contributed by atoms with Crippen LogP contribution in [0.1, 0.15) is 30.0 Å². The van der Waals surface area contributed by atoms with E-state index in [0.29, 0.717) is 23.4 Å². The van der Waals surface area contributed by atoms with Crippen LogP contribution in [0.25, 0.3) is 11.0 Å². The molecule has 7 heteroatoms. The normalized spacial score (nSPS) is 16.0. The van der Waals surface area contributed by atoms with Crippen molar-refractivity contribution in [2.75, 3.05) is 39.4 Å². The van der Waals surface area contributed by atoms with E-state index in [1.165, 1.54) is 4.90 Å². The highest BCUT2D eigenvalue weighted by atomic mass is 16.5. The molecule has 1 amide bonds. The van der Waals surface area contributed by atoms with Crippen LogP contribution in [0.5, 0.6) is 5.75 Å². The van der Waals surface area contributed by atoms with Gasteiger partial charge in [-0.3, -0.25) is 4.79 Å². The van der Waals surface area contributed by atoms with Gasteiger partial charge in [0, 0.05) is 18.5 Å². The van der Waals surface area contributed by atoms with E-state index in [0.717, 1.165) is 55.8 Å². The summed E-state index contributed by atoms with van der Waals surface area (Å²) in [6.45, 7) is 12.6. The maximum absolute atomic E-state index is 12.5. The van der Waals surface area contributed by atoms with Crippen molar-refractivity contribution < 1.29 is 23.6 Å². The van der Waals surface area contributed by atoms with Gasteiger partial charge in [0.2, 0.25) is 0 Å². The van der Waals surface area contributed by atoms with E-state index in [1.54, 1.807) is 13.8 Å². The Labute approximate surface area is 171 Å². The van der Waals surface area contributed by atoms with E-state index in [1.807, 2.05) is 26.0 Å². The first-order valence-electron chi connectivity index (χ1n) is 10.3. The summed E-state index contributed by atoms with van der Waals surface area (Å²) in [4.78, 5) is 26.0. The van der Waals surface area contributed by atoms with Crippen LogP contribution >= 0.6 is 0 Å². The number of fused-ring (bicyclic) bond motifs is 1. The molecule has 1 atom stereocenters. The van der Waals surface area contributed by atoms with E-state index in [-0.39, 0.29) is 11.5 Å². The zero-order valence-corrected chi connectivity index (χ0v) is 17.7. The number of ether oxygens (including phenoxy) is 2. The largest absolute Gasteiger partial charge is 0.480 e. The fourth-order valence-corrected chi connectivity index (χ4v) is 3.63. The van der Waals surface area contributed by atoms with Crippen LogP contribution in [0, 0.1) is 20.8 Å². The van der Waals surface area contributed by atoms with Crippen molar-refractivity contribution in [3.05, 3.63) is 39.2 Å². The molecule has 0 radical (unpaired) electrons. The third-order valence-corrected chi connectivity index (χ3v) is 5.54. The van der Waals surface area contributed by atoms with Crippen molar-refractivity contribution in [2.45, 2.75) is 40.2 Å². The van der Waals surface area contributed by atoms with Crippen LogP contribution in [0.2, 0.25) is 0 Å². The third-order valence-electron chi connectivity index (χ3n) is 5.54. The number of morpholine rings is 1. The van der Waals surface area contributed by atoms with E-state index in [9.17, 15) is 9.59 Å². The number of hydrogen-bond donors (Lipinski definition) is 2. The summed E-state index contributed by atoms with van der Waals surface area (Å²) in [5.41, 5.74) is 2.40.